The first-order valence-electron chi connectivity index (χ1n) is 6.18. The molecule has 0 aromatic heterocycles. The molecule has 18 heavy (non-hydrogen) atoms. The van der Waals surface area contributed by atoms with Crippen LogP contribution in [0, 0.1) is 11.8 Å². The summed E-state index contributed by atoms with van der Waals surface area (Å²) in [4.78, 5) is 11.8. The number of nitrogens with one attached hydrogen (secondary N) is 1. The molecule has 0 saturated heterocycles. The topological polar surface area (TPSA) is 69.6 Å². The fraction of sp³-hybridized carbons (Fsp3) is 0.500. The molecule has 1 unspecified atom stereocenters. The summed E-state index contributed by atoms with van der Waals surface area (Å²) in [7, 11) is 0. The van der Waals surface area contributed by atoms with Crippen molar-refractivity contribution in [1.29, 1.82) is 0 Å². The Morgan fingerprint density at radius 1 is 1.22 bits per heavy atom. The molecule has 1 aromatic carbocycles. The summed E-state index contributed by atoms with van der Waals surface area (Å²) >= 11 is 0. The molecule has 0 aliphatic carbocycles. The number of carbonyl (C=O) groups is 1. The van der Waals surface area contributed by atoms with E-state index in [9.17, 15) is 15.0 Å². The second-order valence-corrected chi connectivity index (χ2v) is 5.07. The van der Waals surface area contributed by atoms with E-state index in [-0.39, 0.29) is 23.3 Å². The molecule has 0 heterocycles. The van der Waals surface area contributed by atoms with Crippen LogP contribution in [0.2, 0.25) is 0 Å². The van der Waals surface area contributed by atoms with Crippen LogP contribution < -0.4 is 5.32 Å². The maximum absolute atomic E-state index is 11.8. The maximum atomic E-state index is 11.8. The van der Waals surface area contributed by atoms with Gasteiger partial charge in [-0.25, -0.2) is 0 Å². The molecule has 100 valence electrons. The third-order valence-electron chi connectivity index (χ3n) is 2.71. The molecule has 3 N–H and O–H groups in total. The number of amides is 1. The smallest absolute Gasteiger partial charge is 0.223 e. The van der Waals surface area contributed by atoms with Gasteiger partial charge in [-0.3, -0.25) is 4.79 Å². The first-order chi connectivity index (χ1) is 8.40. The van der Waals surface area contributed by atoms with E-state index >= 15 is 0 Å². The van der Waals surface area contributed by atoms with Crippen molar-refractivity contribution >= 4 is 5.91 Å². The van der Waals surface area contributed by atoms with Crippen molar-refractivity contribution in [3.05, 3.63) is 23.8 Å². The Balaban J connectivity index is 2.55. The number of rotatable bonds is 5. The average molecular weight is 251 g/mol. The number of hydrogen-bond donors (Lipinski definition) is 3. The zero-order valence-electron chi connectivity index (χ0n) is 11.1. The summed E-state index contributed by atoms with van der Waals surface area (Å²) in [6.07, 6.45) is 0.539. The van der Waals surface area contributed by atoms with Crippen LogP contribution in [-0.4, -0.2) is 22.7 Å². The standard InChI is InChI=1S/C14H21NO3/c1-9(2)8-15-14(18)10(3)6-11-4-5-12(16)13(17)7-11/h4-5,7,9-10,16-17H,6,8H2,1-3H3,(H,15,18). The molecule has 4 nitrogen and oxygen atoms in total. The third kappa shape index (κ3) is 4.28. The largest absolute Gasteiger partial charge is 0.504 e. The van der Waals surface area contributed by atoms with Crippen LogP contribution in [0.5, 0.6) is 11.5 Å². The molecular weight excluding hydrogens is 230 g/mol. The second kappa shape index (κ2) is 6.28. The molecular formula is C14H21NO3. The van der Waals surface area contributed by atoms with E-state index in [1.807, 2.05) is 20.8 Å². The lowest BCUT2D eigenvalue weighted by atomic mass is 10.00. The number of phenols is 2. The van der Waals surface area contributed by atoms with Crippen LogP contribution in [-0.2, 0) is 11.2 Å². The monoisotopic (exact) mass is 251 g/mol. The van der Waals surface area contributed by atoms with Gasteiger partial charge in [0.1, 0.15) is 0 Å². The van der Waals surface area contributed by atoms with Gasteiger partial charge >= 0.3 is 0 Å². The van der Waals surface area contributed by atoms with Gasteiger partial charge in [0.2, 0.25) is 5.91 Å². The number of phenolic OH excluding ortho intramolecular Hbond substituents is 2. The molecule has 0 aliphatic heterocycles. The lowest BCUT2D eigenvalue weighted by Gasteiger charge is -2.14. The van der Waals surface area contributed by atoms with Gasteiger partial charge in [0.15, 0.2) is 11.5 Å². The fourth-order valence-corrected chi connectivity index (χ4v) is 1.62. The molecule has 0 fully saturated rings. The van der Waals surface area contributed by atoms with Crippen LogP contribution in [0.25, 0.3) is 0 Å². The van der Waals surface area contributed by atoms with E-state index < -0.39 is 0 Å². The predicted molar refractivity (Wildman–Crippen MR) is 70.5 cm³/mol. The minimum absolute atomic E-state index is 0.0104. The van der Waals surface area contributed by atoms with Gasteiger partial charge in [0.05, 0.1) is 0 Å². The Labute approximate surface area is 108 Å². The first-order valence-corrected chi connectivity index (χ1v) is 6.18. The van der Waals surface area contributed by atoms with Crippen LogP contribution in [0.3, 0.4) is 0 Å². The van der Waals surface area contributed by atoms with Gasteiger partial charge < -0.3 is 15.5 Å². The highest BCUT2D eigenvalue weighted by Crippen LogP contribution is 2.26. The van der Waals surface area contributed by atoms with E-state index in [1.165, 1.54) is 12.1 Å². The van der Waals surface area contributed by atoms with Crippen molar-refractivity contribution in [1.82, 2.24) is 5.32 Å². The normalized spacial score (nSPS) is 12.4. The summed E-state index contributed by atoms with van der Waals surface area (Å²) in [5.74, 6) is -0.0132. The van der Waals surface area contributed by atoms with E-state index in [1.54, 1.807) is 6.07 Å². The first kappa shape index (κ1) is 14.4. The molecule has 4 heteroatoms. The highest BCUT2D eigenvalue weighted by Gasteiger charge is 2.14. The van der Waals surface area contributed by atoms with Gasteiger partial charge in [-0.05, 0) is 30.0 Å². The van der Waals surface area contributed by atoms with Crippen LogP contribution >= 0.6 is 0 Å². The molecule has 1 atom stereocenters. The van der Waals surface area contributed by atoms with Crippen LogP contribution in [0.1, 0.15) is 26.3 Å². The van der Waals surface area contributed by atoms with E-state index in [0.717, 1.165) is 5.56 Å². The van der Waals surface area contributed by atoms with Gasteiger partial charge in [-0.2, -0.15) is 0 Å². The summed E-state index contributed by atoms with van der Waals surface area (Å²) in [5.41, 5.74) is 0.831. The Bertz CT molecular complexity index is 416. The SMILES string of the molecule is CC(C)CNC(=O)C(C)Cc1ccc(O)c(O)c1. The second-order valence-electron chi connectivity index (χ2n) is 5.07. The number of benzene rings is 1. The molecule has 1 amide bonds. The highest BCUT2D eigenvalue weighted by atomic mass is 16.3. The lowest BCUT2D eigenvalue weighted by molar-refractivity contribution is -0.124. The molecule has 0 radical (unpaired) electrons. The molecule has 0 saturated carbocycles. The van der Waals surface area contributed by atoms with Crippen molar-refractivity contribution in [2.75, 3.05) is 6.54 Å². The van der Waals surface area contributed by atoms with Crippen molar-refractivity contribution in [2.24, 2.45) is 11.8 Å². The summed E-state index contributed by atoms with van der Waals surface area (Å²) in [6, 6.07) is 4.63. The zero-order chi connectivity index (χ0) is 13.7. The van der Waals surface area contributed by atoms with E-state index in [4.69, 9.17) is 0 Å². The zero-order valence-corrected chi connectivity index (χ0v) is 11.1. The van der Waals surface area contributed by atoms with Crippen LogP contribution in [0.15, 0.2) is 18.2 Å². The molecule has 0 aliphatic rings. The Hall–Kier alpha value is -1.71. The van der Waals surface area contributed by atoms with Gasteiger partial charge in [-0.15, -0.1) is 0 Å². The van der Waals surface area contributed by atoms with Gasteiger partial charge in [-0.1, -0.05) is 26.8 Å². The van der Waals surface area contributed by atoms with Gasteiger partial charge in [0, 0.05) is 12.5 Å². The maximum Gasteiger partial charge on any atom is 0.223 e. The Morgan fingerprint density at radius 3 is 2.44 bits per heavy atom. The number of carbonyl (C=O) groups excluding carboxylic acids is 1. The summed E-state index contributed by atoms with van der Waals surface area (Å²) in [5, 5.41) is 21.5. The van der Waals surface area contributed by atoms with Gasteiger partial charge in [0.25, 0.3) is 0 Å². The summed E-state index contributed by atoms with van der Waals surface area (Å²) < 4.78 is 0. The minimum Gasteiger partial charge on any atom is -0.504 e. The number of hydrogen-bond acceptors (Lipinski definition) is 3. The van der Waals surface area contributed by atoms with Crippen LogP contribution in [0.4, 0.5) is 0 Å². The third-order valence-corrected chi connectivity index (χ3v) is 2.71. The highest BCUT2D eigenvalue weighted by molar-refractivity contribution is 5.78. The Kier molecular flexibility index (Phi) is 5.01. The van der Waals surface area contributed by atoms with Crippen molar-refractivity contribution in [3.8, 4) is 11.5 Å². The number of aromatic hydroxyl groups is 2. The molecule has 0 spiro atoms. The molecule has 0 bridgehead atoms. The van der Waals surface area contributed by atoms with Crippen molar-refractivity contribution in [2.45, 2.75) is 27.2 Å². The lowest BCUT2D eigenvalue weighted by Crippen LogP contribution is -2.32. The van der Waals surface area contributed by atoms with Crippen molar-refractivity contribution < 1.29 is 15.0 Å². The average Bonchev–Trinajstić information content (AvgIpc) is 2.30. The summed E-state index contributed by atoms with van der Waals surface area (Å²) in [6.45, 7) is 6.61. The predicted octanol–water partition coefficient (Wildman–Crippen LogP) is 2.05. The van der Waals surface area contributed by atoms with E-state index in [0.29, 0.717) is 18.9 Å². The quantitative estimate of drug-likeness (QED) is 0.701. The van der Waals surface area contributed by atoms with E-state index in [2.05, 4.69) is 5.32 Å². The molecule has 1 aromatic rings. The molecule has 1 rings (SSSR count). The van der Waals surface area contributed by atoms with Crippen molar-refractivity contribution in [3.63, 3.8) is 0 Å². The Morgan fingerprint density at radius 2 is 1.89 bits per heavy atom. The fourth-order valence-electron chi connectivity index (χ4n) is 1.62. The minimum atomic E-state index is -0.160.